The van der Waals surface area contributed by atoms with Gasteiger partial charge in [-0.3, -0.25) is 15.2 Å². The molecule has 1 unspecified atom stereocenters. The zero-order chi connectivity index (χ0) is 28.8. The number of nitrogens with one attached hydrogen (secondary N) is 3. The van der Waals surface area contributed by atoms with Gasteiger partial charge in [0, 0.05) is 42.7 Å². The highest BCUT2D eigenvalue weighted by Crippen LogP contribution is 2.36. The molecule has 4 rings (SSSR count). The van der Waals surface area contributed by atoms with E-state index < -0.39 is 30.2 Å². The lowest BCUT2D eigenvalue weighted by Crippen LogP contribution is -2.18. The first-order valence-corrected chi connectivity index (χ1v) is 11.7. The molecule has 0 radical (unpaired) electrons. The number of alkyl halides is 1. The maximum absolute atomic E-state index is 15.5. The number of nitrogen functional groups attached to an aromatic ring is 1. The predicted molar refractivity (Wildman–Crippen MR) is 138 cm³/mol. The van der Waals surface area contributed by atoms with Crippen molar-refractivity contribution < 1.29 is 27.8 Å². The van der Waals surface area contributed by atoms with Crippen molar-refractivity contribution in [2.24, 2.45) is 5.73 Å². The van der Waals surface area contributed by atoms with E-state index in [0.29, 0.717) is 0 Å². The number of hydrogen-bond acceptors (Lipinski definition) is 10. The quantitative estimate of drug-likeness (QED) is 0.0928. The fourth-order valence-electron chi connectivity index (χ4n) is 3.73. The van der Waals surface area contributed by atoms with Crippen LogP contribution in [0.3, 0.4) is 0 Å². The van der Waals surface area contributed by atoms with Crippen LogP contribution in [-0.2, 0) is 4.79 Å². The first-order chi connectivity index (χ1) is 19.2. The van der Waals surface area contributed by atoms with Crippen LogP contribution < -0.4 is 31.0 Å². The second-order valence-corrected chi connectivity index (χ2v) is 8.13. The van der Waals surface area contributed by atoms with E-state index in [-0.39, 0.29) is 58.3 Å². The molecule has 2 aromatic heterocycles. The average molecular weight is 555 g/mol. The third kappa shape index (κ3) is 6.03. The van der Waals surface area contributed by atoms with Gasteiger partial charge in [0.1, 0.15) is 36.7 Å². The number of nitrogens with zero attached hydrogens (tertiary/aromatic N) is 4. The minimum absolute atomic E-state index is 0.0199. The van der Waals surface area contributed by atoms with Crippen LogP contribution in [0.2, 0.25) is 0 Å². The summed E-state index contributed by atoms with van der Waals surface area (Å²) < 4.78 is 44.9. The Morgan fingerprint density at radius 3 is 2.60 bits per heavy atom. The van der Waals surface area contributed by atoms with Gasteiger partial charge in [-0.25, -0.2) is 23.5 Å². The third-order valence-corrected chi connectivity index (χ3v) is 5.42. The number of H-pyrrole nitrogens is 1. The number of halogens is 2. The summed E-state index contributed by atoms with van der Waals surface area (Å²) in [5.41, 5.74) is 5.31. The van der Waals surface area contributed by atoms with Crippen molar-refractivity contribution in [1.29, 1.82) is 5.41 Å². The minimum atomic E-state index is -1.17. The van der Waals surface area contributed by atoms with Crippen molar-refractivity contribution in [2.75, 3.05) is 25.7 Å². The van der Waals surface area contributed by atoms with Crippen LogP contribution in [-0.4, -0.2) is 56.9 Å². The monoisotopic (exact) mass is 554 g/mol. The van der Waals surface area contributed by atoms with Crippen LogP contribution in [0.15, 0.2) is 53.6 Å². The van der Waals surface area contributed by atoms with Gasteiger partial charge >= 0.3 is 11.7 Å². The van der Waals surface area contributed by atoms with Crippen molar-refractivity contribution in [1.82, 2.24) is 24.7 Å². The van der Waals surface area contributed by atoms with E-state index in [1.165, 1.54) is 50.7 Å². The molecule has 15 heteroatoms. The number of methoxy groups -OCH3 is 1. The van der Waals surface area contributed by atoms with Gasteiger partial charge in [-0.05, 0) is 24.3 Å². The SMILES string of the molecule is COc1cc(C(Nc2ccc(C(=N)N)c(OC(C)=O)c2)c2nn(-c3ncccn3)c(=O)[nH]2)c(F)cc1OCCF. The summed E-state index contributed by atoms with van der Waals surface area (Å²) in [6.45, 7) is 0.0783. The Kier molecular flexibility index (Phi) is 8.32. The lowest BCUT2D eigenvalue weighted by atomic mass is 10.0. The Morgan fingerprint density at radius 1 is 1.20 bits per heavy atom. The standard InChI is InChI=1S/C25H24F2N8O5/c1-13(36)40-18-10-14(4-5-15(18)22(28)29)32-21(16-11-19(38-2)20(12-17(16)27)39-9-6-26)23-33-25(37)35(34-23)24-30-7-3-8-31-24/h3-5,7-8,10-12,21,32H,6,9H2,1-2H3,(H3,28,29)(H,33,34,37). The molecule has 0 saturated heterocycles. The molecule has 0 bridgehead atoms. The molecule has 0 saturated carbocycles. The van der Waals surface area contributed by atoms with Crippen LogP contribution in [0, 0.1) is 11.2 Å². The summed E-state index contributed by atoms with van der Waals surface area (Å²) in [7, 11) is 1.33. The number of esters is 1. The van der Waals surface area contributed by atoms with E-state index in [1.807, 2.05) is 0 Å². The summed E-state index contributed by atoms with van der Waals surface area (Å²) in [6, 6.07) is 7.06. The number of rotatable bonds is 11. The number of carbonyl (C=O) groups is 1. The maximum Gasteiger partial charge on any atom is 0.350 e. The molecule has 1 atom stereocenters. The van der Waals surface area contributed by atoms with Gasteiger partial charge in [0.2, 0.25) is 0 Å². The molecule has 0 amide bonds. The Balaban J connectivity index is 1.85. The molecule has 0 aliphatic heterocycles. The highest BCUT2D eigenvalue weighted by atomic mass is 19.1. The summed E-state index contributed by atoms with van der Waals surface area (Å²) >= 11 is 0. The molecule has 2 aromatic carbocycles. The van der Waals surface area contributed by atoms with Crippen molar-refractivity contribution in [2.45, 2.75) is 13.0 Å². The second-order valence-electron chi connectivity index (χ2n) is 8.13. The zero-order valence-electron chi connectivity index (χ0n) is 21.3. The van der Waals surface area contributed by atoms with E-state index in [0.717, 1.165) is 10.7 Å². The number of benzene rings is 2. The van der Waals surface area contributed by atoms with Crippen LogP contribution in [0.25, 0.3) is 5.95 Å². The number of aromatic nitrogens is 5. The smallest absolute Gasteiger partial charge is 0.350 e. The fourth-order valence-corrected chi connectivity index (χ4v) is 3.73. The molecule has 40 heavy (non-hydrogen) atoms. The molecule has 208 valence electrons. The molecule has 4 aromatic rings. The lowest BCUT2D eigenvalue weighted by Gasteiger charge is -2.21. The summed E-state index contributed by atoms with van der Waals surface area (Å²) in [6.07, 6.45) is 2.85. The van der Waals surface area contributed by atoms with E-state index in [2.05, 4.69) is 25.4 Å². The van der Waals surface area contributed by atoms with Crippen LogP contribution in [0.5, 0.6) is 17.2 Å². The summed E-state index contributed by atoms with van der Waals surface area (Å²) in [5, 5.41) is 15.1. The molecule has 13 nitrogen and oxygen atoms in total. The van der Waals surface area contributed by atoms with Crippen molar-refractivity contribution >= 4 is 17.5 Å². The number of ether oxygens (including phenoxy) is 3. The first-order valence-electron chi connectivity index (χ1n) is 11.7. The van der Waals surface area contributed by atoms with Crippen molar-refractivity contribution in [3.8, 4) is 23.2 Å². The normalized spacial score (nSPS) is 11.5. The molecule has 5 N–H and O–H groups in total. The van der Waals surface area contributed by atoms with Crippen LogP contribution in [0.1, 0.15) is 29.9 Å². The van der Waals surface area contributed by atoms with E-state index in [4.69, 9.17) is 25.4 Å². The predicted octanol–water partition coefficient (Wildman–Crippen LogP) is 2.26. The molecular weight excluding hydrogens is 530 g/mol. The number of carbonyl (C=O) groups excluding carboxylic acids is 1. The molecule has 0 spiro atoms. The van der Waals surface area contributed by atoms with E-state index in [9.17, 15) is 14.0 Å². The van der Waals surface area contributed by atoms with E-state index in [1.54, 1.807) is 6.07 Å². The Morgan fingerprint density at radius 2 is 1.95 bits per heavy atom. The van der Waals surface area contributed by atoms with Gasteiger partial charge in [-0.2, -0.15) is 0 Å². The van der Waals surface area contributed by atoms with Gasteiger partial charge in [0.25, 0.3) is 5.95 Å². The third-order valence-electron chi connectivity index (χ3n) is 5.42. The van der Waals surface area contributed by atoms with E-state index >= 15 is 4.39 Å². The molecule has 0 aliphatic carbocycles. The number of anilines is 1. The van der Waals surface area contributed by atoms with Gasteiger partial charge < -0.3 is 25.3 Å². The molecular formula is C25H24F2N8O5. The molecule has 0 fully saturated rings. The highest BCUT2D eigenvalue weighted by molar-refractivity contribution is 5.98. The van der Waals surface area contributed by atoms with Crippen molar-refractivity contribution in [3.63, 3.8) is 0 Å². The Bertz CT molecular complexity index is 1590. The lowest BCUT2D eigenvalue weighted by molar-refractivity contribution is -0.131. The number of amidine groups is 1. The van der Waals surface area contributed by atoms with Crippen molar-refractivity contribution in [3.05, 3.63) is 82.0 Å². The Hall–Kier alpha value is -5.34. The second kappa shape index (κ2) is 12.0. The topological polar surface area (TPSA) is 183 Å². The number of nitrogens with two attached hydrogens (primary N) is 1. The largest absolute Gasteiger partial charge is 0.493 e. The van der Waals surface area contributed by atoms with Gasteiger partial charge in [0.15, 0.2) is 17.3 Å². The fraction of sp³-hybridized carbons (Fsp3) is 0.200. The van der Waals surface area contributed by atoms with Crippen LogP contribution in [0.4, 0.5) is 14.5 Å². The molecule has 0 aliphatic rings. The minimum Gasteiger partial charge on any atom is -0.493 e. The Labute approximate surface area is 225 Å². The zero-order valence-corrected chi connectivity index (χ0v) is 21.3. The first kappa shape index (κ1) is 27.7. The number of aromatic amines is 1. The molecule has 2 heterocycles. The average Bonchev–Trinajstić information content (AvgIpc) is 3.32. The van der Waals surface area contributed by atoms with Gasteiger partial charge in [-0.15, -0.1) is 9.78 Å². The van der Waals surface area contributed by atoms with Gasteiger partial charge in [-0.1, -0.05) is 0 Å². The highest BCUT2D eigenvalue weighted by Gasteiger charge is 2.26. The summed E-state index contributed by atoms with van der Waals surface area (Å²) in [5.74, 6) is -1.80. The number of hydrogen-bond donors (Lipinski definition) is 4. The maximum atomic E-state index is 15.5. The van der Waals surface area contributed by atoms with Gasteiger partial charge in [0.05, 0.1) is 12.7 Å². The van der Waals surface area contributed by atoms with Crippen LogP contribution >= 0.6 is 0 Å². The summed E-state index contributed by atoms with van der Waals surface area (Å²) in [4.78, 5) is 35.0.